The summed E-state index contributed by atoms with van der Waals surface area (Å²) in [5, 5.41) is 0. The summed E-state index contributed by atoms with van der Waals surface area (Å²) in [6.07, 6.45) is 18.4. The highest BCUT2D eigenvalue weighted by Crippen LogP contribution is 2.51. The van der Waals surface area contributed by atoms with Crippen LogP contribution in [0, 0.1) is 29.1 Å². The van der Waals surface area contributed by atoms with E-state index >= 15 is 4.39 Å². The summed E-state index contributed by atoms with van der Waals surface area (Å²) >= 11 is 0. The normalized spacial score (nSPS) is 36.2. The van der Waals surface area contributed by atoms with Crippen LogP contribution in [-0.4, -0.2) is 43.5 Å². The third-order valence-corrected chi connectivity index (χ3v) is 10.5. The van der Waals surface area contributed by atoms with Gasteiger partial charge >= 0.3 is 11.9 Å². The number of carbonyl (C=O) groups is 2. The van der Waals surface area contributed by atoms with Crippen LogP contribution >= 0.6 is 0 Å². The molecule has 7 heteroatoms. The molecule has 4 unspecified atom stereocenters. The molecule has 0 N–H and O–H groups in total. The molecule has 0 bridgehead atoms. The Balaban J connectivity index is 1.11. The Labute approximate surface area is 240 Å². The van der Waals surface area contributed by atoms with Crippen molar-refractivity contribution in [3.05, 3.63) is 25.3 Å². The Bertz CT molecular complexity index is 829. The lowest BCUT2D eigenvalue weighted by Gasteiger charge is -2.41. The molecule has 0 aromatic rings. The first kappa shape index (κ1) is 31.2. The zero-order valence-electron chi connectivity index (χ0n) is 24.4. The number of hydrogen-bond acceptors (Lipinski definition) is 6. The van der Waals surface area contributed by atoms with Crippen molar-refractivity contribution in [2.45, 2.75) is 128 Å². The minimum Gasteiger partial charge on any atom is -0.463 e. The van der Waals surface area contributed by atoms with Gasteiger partial charge in [-0.25, -0.2) is 19.0 Å². The van der Waals surface area contributed by atoms with Crippen molar-refractivity contribution in [1.29, 1.82) is 0 Å². The van der Waals surface area contributed by atoms with E-state index in [1.807, 2.05) is 0 Å². The molecular weight excluding hydrogens is 511 g/mol. The molecule has 0 radical (unpaired) electrons. The second kappa shape index (κ2) is 15.5. The van der Waals surface area contributed by atoms with E-state index < -0.39 is 6.17 Å². The van der Waals surface area contributed by atoms with Crippen LogP contribution in [0.1, 0.15) is 109 Å². The van der Waals surface area contributed by atoms with Crippen molar-refractivity contribution in [2.24, 2.45) is 29.1 Å². The van der Waals surface area contributed by atoms with Crippen LogP contribution in [0.2, 0.25) is 0 Å². The van der Waals surface area contributed by atoms with Gasteiger partial charge in [-0.3, -0.25) is 4.79 Å². The zero-order valence-corrected chi connectivity index (χ0v) is 24.4. The van der Waals surface area contributed by atoms with Gasteiger partial charge in [0.15, 0.2) is 0 Å². The largest absolute Gasteiger partial charge is 0.463 e. The lowest BCUT2D eigenvalue weighted by Crippen LogP contribution is -2.39. The van der Waals surface area contributed by atoms with Crippen LogP contribution in [-0.2, 0) is 28.8 Å². The summed E-state index contributed by atoms with van der Waals surface area (Å²) in [5.41, 5.74) is 0.157. The number of ether oxygens (including phenoxy) is 2. The second-order valence-corrected chi connectivity index (χ2v) is 12.9. The third-order valence-electron chi connectivity index (χ3n) is 10.5. The molecule has 4 aliphatic rings. The number of carbonyl (C=O) groups excluding carboxylic acids is 2. The Morgan fingerprint density at radius 2 is 1.70 bits per heavy atom. The molecule has 0 aliphatic heterocycles. The van der Waals surface area contributed by atoms with Gasteiger partial charge in [0.05, 0.1) is 18.6 Å². The van der Waals surface area contributed by atoms with E-state index in [2.05, 4.69) is 13.2 Å². The van der Waals surface area contributed by atoms with E-state index in [4.69, 9.17) is 19.2 Å². The van der Waals surface area contributed by atoms with E-state index in [-0.39, 0.29) is 41.4 Å². The highest BCUT2D eigenvalue weighted by atomic mass is 19.1. The van der Waals surface area contributed by atoms with Gasteiger partial charge in [0, 0.05) is 11.5 Å². The molecule has 6 nitrogen and oxygen atoms in total. The maximum Gasteiger partial charge on any atom is 0.330 e. The quantitative estimate of drug-likeness (QED) is 0.0575. The summed E-state index contributed by atoms with van der Waals surface area (Å²) in [6.45, 7) is 7.89. The summed E-state index contributed by atoms with van der Waals surface area (Å²) in [6, 6.07) is 0. The highest BCUT2D eigenvalue weighted by Gasteiger charge is 2.47. The monoisotopic (exact) mass is 562 g/mol. The standard InChI is InChI=1S/C33H51FO6/c1-3-21-38-40-30-9-7-18-33(30)19-16-27(17-20-33)39-32(36)26-13-11-25(12-14-26)28-15-10-24(23-29(28)34)8-5-6-22-37-31(35)4-2/h3-4,24-30H,1-2,5-23H2. The predicted molar refractivity (Wildman–Crippen MR) is 152 cm³/mol. The van der Waals surface area contributed by atoms with Crippen molar-refractivity contribution in [1.82, 2.24) is 0 Å². The van der Waals surface area contributed by atoms with Crippen LogP contribution in [0.4, 0.5) is 4.39 Å². The summed E-state index contributed by atoms with van der Waals surface area (Å²) < 4.78 is 26.3. The molecular formula is C33H51FO6. The predicted octanol–water partition coefficient (Wildman–Crippen LogP) is 7.61. The van der Waals surface area contributed by atoms with Crippen LogP contribution in [0.25, 0.3) is 0 Å². The molecule has 40 heavy (non-hydrogen) atoms. The zero-order chi connectivity index (χ0) is 28.4. The fourth-order valence-corrected chi connectivity index (χ4v) is 8.11. The molecule has 4 saturated carbocycles. The van der Waals surface area contributed by atoms with E-state index in [0.717, 1.165) is 103 Å². The van der Waals surface area contributed by atoms with Crippen LogP contribution < -0.4 is 0 Å². The number of alkyl halides is 1. The van der Waals surface area contributed by atoms with Crippen LogP contribution in [0.3, 0.4) is 0 Å². The van der Waals surface area contributed by atoms with E-state index in [1.165, 1.54) is 6.08 Å². The summed E-state index contributed by atoms with van der Waals surface area (Å²) in [7, 11) is 0. The van der Waals surface area contributed by atoms with Gasteiger partial charge < -0.3 is 9.47 Å². The maximum absolute atomic E-state index is 15.2. The Morgan fingerprint density at radius 1 is 0.925 bits per heavy atom. The molecule has 0 heterocycles. The molecule has 4 aliphatic carbocycles. The highest BCUT2D eigenvalue weighted by molar-refractivity contribution is 5.81. The van der Waals surface area contributed by atoms with E-state index in [9.17, 15) is 9.59 Å². The van der Waals surface area contributed by atoms with Gasteiger partial charge in [0.25, 0.3) is 0 Å². The Morgan fingerprint density at radius 3 is 2.40 bits per heavy atom. The third kappa shape index (κ3) is 8.40. The van der Waals surface area contributed by atoms with Crippen molar-refractivity contribution < 1.29 is 33.2 Å². The van der Waals surface area contributed by atoms with Crippen molar-refractivity contribution >= 4 is 11.9 Å². The number of hydrogen-bond donors (Lipinski definition) is 0. The van der Waals surface area contributed by atoms with Crippen molar-refractivity contribution in [3.63, 3.8) is 0 Å². The second-order valence-electron chi connectivity index (χ2n) is 12.9. The lowest BCUT2D eigenvalue weighted by molar-refractivity contribution is -0.336. The fraction of sp³-hybridized carbons (Fsp3) is 0.818. The topological polar surface area (TPSA) is 71.1 Å². The number of halogens is 1. The van der Waals surface area contributed by atoms with Crippen molar-refractivity contribution in [2.75, 3.05) is 13.2 Å². The molecule has 0 aromatic carbocycles. The number of unbranched alkanes of at least 4 members (excludes halogenated alkanes) is 1. The lowest BCUT2D eigenvalue weighted by atomic mass is 9.68. The first-order valence-electron chi connectivity index (χ1n) is 16.0. The smallest absolute Gasteiger partial charge is 0.330 e. The fourth-order valence-electron chi connectivity index (χ4n) is 8.11. The maximum atomic E-state index is 15.2. The Kier molecular flexibility index (Phi) is 12.1. The number of esters is 2. The van der Waals surface area contributed by atoms with Crippen molar-refractivity contribution in [3.8, 4) is 0 Å². The SMILES string of the molecule is C=CCOOC1CCCC12CCC(OC(=O)C1CCC(C3CCC(CCCCOC(=O)C=C)CC3F)CC1)CC2. The average Bonchev–Trinajstić information content (AvgIpc) is 3.35. The van der Waals surface area contributed by atoms with Gasteiger partial charge in [-0.15, -0.1) is 6.58 Å². The first-order valence-corrected chi connectivity index (χ1v) is 16.0. The minimum atomic E-state index is -0.744. The minimum absolute atomic E-state index is 0.00530. The molecule has 226 valence electrons. The summed E-state index contributed by atoms with van der Waals surface area (Å²) in [5.74, 6) is 0.490. The van der Waals surface area contributed by atoms with Gasteiger partial charge in [0.2, 0.25) is 0 Å². The van der Waals surface area contributed by atoms with E-state index in [0.29, 0.717) is 31.5 Å². The summed E-state index contributed by atoms with van der Waals surface area (Å²) in [4.78, 5) is 35.2. The molecule has 4 atom stereocenters. The van der Waals surface area contributed by atoms with Gasteiger partial charge in [0.1, 0.15) is 18.9 Å². The van der Waals surface area contributed by atoms with Gasteiger partial charge in [-0.1, -0.05) is 25.5 Å². The van der Waals surface area contributed by atoms with Crippen LogP contribution in [0.15, 0.2) is 25.3 Å². The molecule has 0 saturated heterocycles. The van der Waals surface area contributed by atoms with E-state index in [1.54, 1.807) is 6.08 Å². The molecule has 4 fully saturated rings. The molecule has 0 aromatic heterocycles. The first-order chi connectivity index (χ1) is 19.4. The van der Waals surface area contributed by atoms with Gasteiger partial charge in [-0.2, -0.15) is 0 Å². The molecule has 4 rings (SSSR count). The average molecular weight is 563 g/mol. The number of rotatable bonds is 13. The molecule has 0 amide bonds. The van der Waals surface area contributed by atoms with Gasteiger partial charge in [-0.05, 0) is 114 Å². The Hall–Kier alpha value is -1.73. The van der Waals surface area contributed by atoms with Crippen LogP contribution in [0.5, 0.6) is 0 Å². The molecule has 1 spiro atoms.